The lowest BCUT2D eigenvalue weighted by Gasteiger charge is -2.30. The van der Waals surface area contributed by atoms with E-state index in [1.165, 1.54) is 5.56 Å². The number of rotatable bonds is 7. The van der Waals surface area contributed by atoms with Crippen LogP contribution in [0, 0.1) is 11.8 Å². The maximum Gasteiger partial charge on any atom is 0.225 e. The molecule has 0 unspecified atom stereocenters. The van der Waals surface area contributed by atoms with E-state index in [-0.39, 0.29) is 23.7 Å². The smallest absolute Gasteiger partial charge is 0.225 e. The molecule has 0 aliphatic heterocycles. The summed E-state index contributed by atoms with van der Waals surface area (Å²) in [7, 11) is 1.87. The fourth-order valence-corrected chi connectivity index (χ4v) is 3.97. The Morgan fingerprint density at radius 1 is 0.857 bits per heavy atom. The molecule has 1 N–H and O–H groups in total. The van der Waals surface area contributed by atoms with Crippen LogP contribution in [-0.4, -0.2) is 30.3 Å². The number of hydrogen-bond donors (Lipinski definition) is 1. The molecule has 1 fully saturated rings. The fraction of sp³-hybridized carbons (Fsp3) is 0.417. The second kappa shape index (κ2) is 10.1. The first-order valence-corrected chi connectivity index (χ1v) is 10.2. The second-order valence-electron chi connectivity index (χ2n) is 7.76. The van der Waals surface area contributed by atoms with E-state index in [0.717, 1.165) is 37.7 Å². The van der Waals surface area contributed by atoms with Crippen molar-refractivity contribution in [3.05, 3.63) is 71.8 Å². The second-order valence-corrected chi connectivity index (χ2v) is 7.76. The third-order valence-electron chi connectivity index (χ3n) is 5.64. The molecule has 148 valence electrons. The van der Waals surface area contributed by atoms with Crippen LogP contribution >= 0.6 is 0 Å². The quantitative estimate of drug-likeness (QED) is 0.796. The Labute approximate surface area is 167 Å². The molecule has 0 radical (unpaired) electrons. The Morgan fingerprint density at radius 2 is 1.39 bits per heavy atom. The summed E-state index contributed by atoms with van der Waals surface area (Å²) in [6, 6.07) is 20.3. The van der Waals surface area contributed by atoms with Gasteiger partial charge in [0.25, 0.3) is 0 Å². The molecule has 1 aliphatic rings. The lowest BCUT2D eigenvalue weighted by atomic mass is 9.81. The Balaban J connectivity index is 1.39. The average Bonchev–Trinajstić information content (AvgIpc) is 2.74. The molecule has 1 saturated carbocycles. The molecule has 0 aromatic heterocycles. The highest BCUT2D eigenvalue weighted by Gasteiger charge is 2.31. The van der Waals surface area contributed by atoms with Gasteiger partial charge in [-0.25, -0.2) is 0 Å². The van der Waals surface area contributed by atoms with Gasteiger partial charge in [0.05, 0.1) is 0 Å². The van der Waals surface area contributed by atoms with Crippen LogP contribution in [0.15, 0.2) is 60.7 Å². The Hall–Kier alpha value is -2.62. The van der Waals surface area contributed by atoms with Crippen LogP contribution in [0.1, 0.15) is 36.8 Å². The minimum Gasteiger partial charge on any atom is -0.356 e. The molecule has 0 atom stereocenters. The summed E-state index contributed by atoms with van der Waals surface area (Å²) in [4.78, 5) is 27.0. The zero-order chi connectivity index (χ0) is 19.8. The van der Waals surface area contributed by atoms with Crippen molar-refractivity contribution >= 4 is 11.8 Å². The van der Waals surface area contributed by atoms with Crippen LogP contribution in [0.3, 0.4) is 0 Å². The van der Waals surface area contributed by atoms with Gasteiger partial charge in [0.1, 0.15) is 0 Å². The van der Waals surface area contributed by atoms with Gasteiger partial charge in [-0.05, 0) is 43.2 Å². The average molecular weight is 379 g/mol. The van der Waals surface area contributed by atoms with Crippen molar-refractivity contribution in [2.75, 3.05) is 13.6 Å². The maximum atomic E-state index is 12.7. The first-order valence-electron chi connectivity index (χ1n) is 10.2. The number of amides is 2. The standard InChI is InChI=1S/C24H30N2O2/c1-26(18-20-10-6-3-7-11-20)24(28)22-14-12-21(13-15-22)23(27)25-17-16-19-8-4-2-5-9-19/h2-11,21-22H,12-18H2,1H3,(H,25,27). The van der Waals surface area contributed by atoms with E-state index in [9.17, 15) is 9.59 Å². The minimum atomic E-state index is 0.0410. The SMILES string of the molecule is CN(Cc1ccccc1)C(=O)C1CCC(C(=O)NCCc2ccccc2)CC1. The molecule has 1 aliphatic carbocycles. The molecule has 0 heterocycles. The van der Waals surface area contributed by atoms with Crippen molar-refractivity contribution in [2.24, 2.45) is 11.8 Å². The summed E-state index contributed by atoms with van der Waals surface area (Å²) in [5.41, 5.74) is 2.38. The monoisotopic (exact) mass is 378 g/mol. The van der Waals surface area contributed by atoms with E-state index >= 15 is 0 Å². The molecule has 2 amide bonds. The molecule has 0 bridgehead atoms. The van der Waals surface area contributed by atoms with Gasteiger partial charge < -0.3 is 10.2 Å². The van der Waals surface area contributed by atoms with Crippen LogP contribution in [0.5, 0.6) is 0 Å². The molecule has 0 spiro atoms. The van der Waals surface area contributed by atoms with Crippen LogP contribution in [0.25, 0.3) is 0 Å². The Kier molecular flexibility index (Phi) is 7.24. The fourth-order valence-electron chi connectivity index (χ4n) is 3.97. The van der Waals surface area contributed by atoms with Gasteiger partial charge in [-0.3, -0.25) is 9.59 Å². The molecule has 2 aromatic carbocycles. The van der Waals surface area contributed by atoms with Crippen LogP contribution in [-0.2, 0) is 22.6 Å². The van der Waals surface area contributed by atoms with E-state index in [0.29, 0.717) is 13.1 Å². The minimum absolute atomic E-state index is 0.0410. The summed E-state index contributed by atoms with van der Waals surface area (Å²) in [6.45, 7) is 1.31. The van der Waals surface area contributed by atoms with Crippen molar-refractivity contribution in [3.8, 4) is 0 Å². The molecule has 4 heteroatoms. The molecule has 2 aromatic rings. The highest BCUT2D eigenvalue weighted by atomic mass is 16.2. The summed E-state index contributed by atoms with van der Waals surface area (Å²) in [6.07, 6.45) is 4.05. The summed E-state index contributed by atoms with van der Waals surface area (Å²) in [5.74, 6) is 0.424. The third kappa shape index (κ3) is 5.69. The van der Waals surface area contributed by atoms with Crippen molar-refractivity contribution in [3.63, 3.8) is 0 Å². The third-order valence-corrected chi connectivity index (χ3v) is 5.64. The van der Waals surface area contributed by atoms with Gasteiger partial charge in [-0.2, -0.15) is 0 Å². The lowest BCUT2D eigenvalue weighted by molar-refractivity contribution is -0.137. The zero-order valence-corrected chi connectivity index (χ0v) is 16.6. The number of nitrogens with zero attached hydrogens (tertiary/aromatic N) is 1. The molecule has 0 saturated heterocycles. The van der Waals surface area contributed by atoms with Gasteiger partial charge in [0.15, 0.2) is 0 Å². The number of nitrogens with one attached hydrogen (secondary N) is 1. The van der Waals surface area contributed by atoms with Crippen molar-refractivity contribution in [1.82, 2.24) is 10.2 Å². The van der Waals surface area contributed by atoms with E-state index in [4.69, 9.17) is 0 Å². The number of benzene rings is 2. The van der Waals surface area contributed by atoms with Gasteiger partial charge >= 0.3 is 0 Å². The predicted molar refractivity (Wildman–Crippen MR) is 112 cm³/mol. The van der Waals surface area contributed by atoms with E-state index in [2.05, 4.69) is 17.4 Å². The first-order chi connectivity index (χ1) is 13.6. The topological polar surface area (TPSA) is 49.4 Å². The number of carbonyl (C=O) groups excluding carboxylic acids is 2. The molecule has 28 heavy (non-hydrogen) atoms. The zero-order valence-electron chi connectivity index (χ0n) is 16.6. The van der Waals surface area contributed by atoms with Crippen LogP contribution in [0.4, 0.5) is 0 Å². The molecule has 3 rings (SSSR count). The van der Waals surface area contributed by atoms with Crippen LogP contribution in [0.2, 0.25) is 0 Å². The molecule has 4 nitrogen and oxygen atoms in total. The number of hydrogen-bond acceptors (Lipinski definition) is 2. The highest BCUT2D eigenvalue weighted by molar-refractivity contribution is 5.81. The maximum absolute atomic E-state index is 12.7. The van der Waals surface area contributed by atoms with Crippen molar-refractivity contribution < 1.29 is 9.59 Å². The largest absolute Gasteiger partial charge is 0.356 e. The van der Waals surface area contributed by atoms with E-state index < -0.39 is 0 Å². The van der Waals surface area contributed by atoms with Gasteiger partial charge in [0, 0.05) is 32.0 Å². The number of carbonyl (C=O) groups is 2. The van der Waals surface area contributed by atoms with E-state index in [1.807, 2.05) is 60.5 Å². The summed E-state index contributed by atoms with van der Waals surface area (Å²) < 4.78 is 0. The lowest BCUT2D eigenvalue weighted by Crippen LogP contribution is -2.38. The highest BCUT2D eigenvalue weighted by Crippen LogP contribution is 2.30. The Bertz CT molecular complexity index is 753. The summed E-state index contributed by atoms with van der Waals surface area (Å²) in [5, 5.41) is 3.07. The molecular formula is C24H30N2O2. The van der Waals surface area contributed by atoms with Gasteiger partial charge in [-0.15, -0.1) is 0 Å². The van der Waals surface area contributed by atoms with Crippen LogP contribution < -0.4 is 5.32 Å². The van der Waals surface area contributed by atoms with Crippen molar-refractivity contribution in [1.29, 1.82) is 0 Å². The predicted octanol–water partition coefficient (Wildman–Crippen LogP) is 3.81. The first kappa shape index (κ1) is 20.1. The van der Waals surface area contributed by atoms with Crippen molar-refractivity contribution in [2.45, 2.75) is 38.6 Å². The Morgan fingerprint density at radius 3 is 2.00 bits per heavy atom. The normalized spacial score (nSPS) is 19.0. The van der Waals surface area contributed by atoms with Gasteiger partial charge in [0.2, 0.25) is 11.8 Å². The van der Waals surface area contributed by atoms with E-state index in [1.54, 1.807) is 0 Å². The summed E-state index contributed by atoms with van der Waals surface area (Å²) >= 11 is 0. The van der Waals surface area contributed by atoms with Gasteiger partial charge in [-0.1, -0.05) is 60.7 Å². The molecular weight excluding hydrogens is 348 g/mol.